The van der Waals surface area contributed by atoms with Crippen molar-refractivity contribution in [2.75, 3.05) is 0 Å². The molecule has 3 nitrogen and oxygen atoms in total. The van der Waals surface area contributed by atoms with Crippen LogP contribution in [0.5, 0.6) is 0 Å². The monoisotopic (exact) mass is 295 g/mol. The third kappa shape index (κ3) is 1.88. The molecule has 0 spiro atoms. The second kappa shape index (κ2) is 4.50. The highest BCUT2D eigenvalue weighted by Gasteiger charge is 2.15. The molecule has 2 heterocycles. The summed E-state index contributed by atoms with van der Waals surface area (Å²) < 4.78 is 2.76. The van der Waals surface area contributed by atoms with Crippen molar-refractivity contribution in [2.45, 2.75) is 13.0 Å². The Kier molecular flexibility index (Phi) is 2.97. The topological polar surface area (TPSA) is 33.6 Å². The maximum atomic E-state index is 5.99. The molecule has 92 valence electrons. The van der Waals surface area contributed by atoms with E-state index in [1.165, 1.54) is 0 Å². The molecular formula is C12H10ClN3S2. The van der Waals surface area contributed by atoms with Crippen LogP contribution in [0, 0.1) is 4.77 Å². The molecule has 6 heteroatoms. The maximum absolute atomic E-state index is 5.99. The van der Waals surface area contributed by atoms with E-state index in [1.807, 2.05) is 29.8 Å². The predicted molar refractivity (Wildman–Crippen MR) is 78.1 cm³/mol. The van der Waals surface area contributed by atoms with Gasteiger partial charge in [0.25, 0.3) is 0 Å². The van der Waals surface area contributed by atoms with Crippen molar-refractivity contribution in [3.8, 4) is 0 Å². The van der Waals surface area contributed by atoms with E-state index >= 15 is 0 Å². The molecule has 0 amide bonds. The summed E-state index contributed by atoms with van der Waals surface area (Å²) in [4.78, 5) is 7.53. The van der Waals surface area contributed by atoms with Gasteiger partial charge in [-0.2, -0.15) is 0 Å². The SMILES string of the molecule is CC(c1nccs1)n1c(=S)[nH]c2cc(Cl)ccc21. The number of nitrogens with one attached hydrogen (secondary N) is 1. The van der Waals surface area contributed by atoms with Crippen LogP contribution < -0.4 is 0 Å². The Hall–Kier alpha value is -1.17. The summed E-state index contributed by atoms with van der Waals surface area (Å²) in [6.45, 7) is 2.09. The number of hydrogen-bond acceptors (Lipinski definition) is 3. The molecule has 3 rings (SSSR count). The average molecular weight is 296 g/mol. The van der Waals surface area contributed by atoms with Gasteiger partial charge < -0.3 is 9.55 Å². The Balaban J connectivity index is 2.23. The van der Waals surface area contributed by atoms with Gasteiger partial charge in [0.2, 0.25) is 0 Å². The fourth-order valence-corrected chi connectivity index (χ4v) is 3.26. The number of H-pyrrole nitrogens is 1. The predicted octanol–water partition coefficient (Wildman–Crippen LogP) is 4.42. The van der Waals surface area contributed by atoms with E-state index in [2.05, 4.69) is 21.5 Å². The zero-order valence-electron chi connectivity index (χ0n) is 9.55. The highest BCUT2D eigenvalue weighted by atomic mass is 35.5. The lowest BCUT2D eigenvalue weighted by Gasteiger charge is -2.11. The number of imidazole rings is 1. The molecule has 0 bridgehead atoms. The fourth-order valence-electron chi connectivity index (χ4n) is 2.04. The molecule has 1 N–H and O–H groups in total. The van der Waals surface area contributed by atoms with E-state index in [-0.39, 0.29) is 6.04 Å². The van der Waals surface area contributed by atoms with Gasteiger partial charge in [-0.1, -0.05) is 11.6 Å². The largest absolute Gasteiger partial charge is 0.331 e. The van der Waals surface area contributed by atoms with Gasteiger partial charge >= 0.3 is 0 Å². The van der Waals surface area contributed by atoms with Gasteiger partial charge in [0.15, 0.2) is 4.77 Å². The van der Waals surface area contributed by atoms with E-state index in [0.29, 0.717) is 9.79 Å². The second-order valence-electron chi connectivity index (χ2n) is 4.01. The lowest BCUT2D eigenvalue weighted by Crippen LogP contribution is -2.06. The Labute approximate surface area is 118 Å². The number of aromatic amines is 1. The molecule has 1 unspecified atom stereocenters. The first-order chi connectivity index (χ1) is 8.66. The molecule has 0 saturated carbocycles. The van der Waals surface area contributed by atoms with Crippen molar-refractivity contribution < 1.29 is 0 Å². The molecule has 1 aromatic carbocycles. The number of benzene rings is 1. The number of rotatable bonds is 2. The standard InChI is InChI=1S/C12H10ClN3S2/c1-7(11-14-4-5-18-11)16-10-3-2-8(13)6-9(10)15-12(16)17/h2-7H,1H3,(H,15,17). The van der Waals surface area contributed by atoms with Gasteiger partial charge in [-0.05, 0) is 37.3 Å². The van der Waals surface area contributed by atoms with Crippen LogP contribution in [0.2, 0.25) is 5.02 Å². The highest BCUT2D eigenvalue weighted by molar-refractivity contribution is 7.71. The zero-order valence-corrected chi connectivity index (χ0v) is 11.9. The molecule has 18 heavy (non-hydrogen) atoms. The summed E-state index contributed by atoms with van der Waals surface area (Å²) in [6, 6.07) is 5.86. The minimum atomic E-state index is 0.118. The fraction of sp³-hybridized carbons (Fsp3) is 0.167. The first-order valence-corrected chi connectivity index (χ1v) is 7.12. The summed E-state index contributed by atoms with van der Waals surface area (Å²) >= 11 is 13.0. The van der Waals surface area contributed by atoms with E-state index in [1.54, 1.807) is 11.3 Å². The molecular weight excluding hydrogens is 286 g/mol. The van der Waals surface area contributed by atoms with Crippen LogP contribution in [0.25, 0.3) is 11.0 Å². The molecule has 2 aromatic heterocycles. The number of fused-ring (bicyclic) bond motifs is 1. The van der Waals surface area contributed by atoms with Gasteiger partial charge in [0, 0.05) is 16.6 Å². The Bertz CT molecular complexity index is 742. The smallest absolute Gasteiger partial charge is 0.178 e. The van der Waals surface area contributed by atoms with E-state index in [9.17, 15) is 0 Å². The van der Waals surface area contributed by atoms with Gasteiger partial charge in [0.05, 0.1) is 17.1 Å². The van der Waals surface area contributed by atoms with Crippen LogP contribution in [0.3, 0.4) is 0 Å². The quantitative estimate of drug-likeness (QED) is 0.710. The maximum Gasteiger partial charge on any atom is 0.178 e. The molecule has 0 fully saturated rings. The van der Waals surface area contributed by atoms with Gasteiger partial charge in [-0.3, -0.25) is 0 Å². The van der Waals surface area contributed by atoms with E-state index in [0.717, 1.165) is 16.0 Å². The Morgan fingerprint density at radius 3 is 3.06 bits per heavy atom. The van der Waals surface area contributed by atoms with Crippen molar-refractivity contribution >= 4 is 46.2 Å². The van der Waals surface area contributed by atoms with E-state index in [4.69, 9.17) is 23.8 Å². The molecule has 1 atom stereocenters. The molecule has 0 aliphatic rings. The van der Waals surface area contributed by atoms with Gasteiger partial charge in [-0.25, -0.2) is 4.98 Å². The van der Waals surface area contributed by atoms with Crippen molar-refractivity contribution in [1.29, 1.82) is 0 Å². The molecule has 3 aromatic rings. The number of nitrogens with zero attached hydrogens (tertiary/aromatic N) is 2. The lowest BCUT2D eigenvalue weighted by molar-refractivity contribution is 0.645. The summed E-state index contributed by atoms with van der Waals surface area (Å²) in [7, 11) is 0. The van der Waals surface area contributed by atoms with Crippen LogP contribution in [-0.4, -0.2) is 14.5 Å². The molecule has 0 saturated heterocycles. The third-order valence-corrected chi connectivity index (χ3v) is 4.35. The zero-order chi connectivity index (χ0) is 12.7. The highest BCUT2D eigenvalue weighted by Crippen LogP contribution is 2.26. The van der Waals surface area contributed by atoms with Crippen LogP contribution in [0.4, 0.5) is 0 Å². The Morgan fingerprint density at radius 1 is 1.50 bits per heavy atom. The molecule has 0 radical (unpaired) electrons. The summed E-state index contributed by atoms with van der Waals surface area (Å²) in [6.07, 6.45) is 1.81. The second-order valence-corrected chi connectivity index (χ2v) is 5.76. The number of thiazole rings is 1. The first-order valence-electron chi connectivity index (χ1n) is 5.46. The number of hydrogen-bond donors (Lipinski definition) is 1. The van der Waals surface area contributed by atoms with Crippen molar-refractivity contribution in [3.63, 3.8) is 0 Å². The van der Waals surface area contributed by atoms with Crippen LogP contribution >= 0.6 is 35.2 Å². The minimum absolute atomic E-state index is 0.118. The average Bonchev–Trinajstić information content (AvgIpc) is 2.94. The van der Waals surface area contributed by atoms with Crippen molar-refractivity contribution in [1.82, 2.24) is 14.5 Å². The molecule has 0 aliphatic heterocycles. The number of aromatic nitrogens is 3. The van der Waals surface area contributed by atoms with Crippen molar-refractivity contribution in [3.05, 3.63) is 44.6 Å². The third-order valence-electron chi connectivity index (χ3n) is 2.87. The van der Waals surface area contributed by atoms with E-state index < -0.39 is 0 Å². The molecule has 0 aliphatic carbocycles. The number of halogens is 1. The van der Waals surface area contributed by atoms with Crippen molar-refractivity contribution in [2.24, 2.45) is 0 Å². The summed E-state index contributed by atoms with van der Waals surface area (Å²) in [5, 5.41) is 3.72. The lowest BCUT2D eigenvalue weighted by atomic mass is 10.3. The van der Waals surface area contributed by atoms with Gasteiger partial charge in [0.1, 0.15) is 5.01 Å². The summed E-state index contributed by atoms with van der Waals surface area (Å²) in [5.41, 5.74) is 2.00. The normalized spacial score (nSPS) is 13.0. The van der Waals surface area contributed by atoms with Crippen LogP contribution in [-0.2, 0) is 0 Å². The first kappa shape index (κ1) is 11.9. The van der Waals surface area contributed by atoms with Crippen LogP contribution in [0.1, 0.15) is 18.0 Å². The van der Waals surface area contributed by atoms with Gasteiger partial charge in [-0.15, -0.1) is 11.3 Å². The Morgan fingerprint density at radius 2 is 2.33 bits per heavy atom. The summed E-state index contributed by atoms with van der Waals surface area (Å²) in [5.74, 6) is 0. The van der Waals surface area contributed by atoms with Crippen LogP contribution in [0.15, 0.2) is 29.8 Å². The minimum Gasteiger partial charge on any atom is -0.331 e.